The Morgan fingerprint density at radius 2 is 1.68 bits per heavy atom. The Morgan fingerprint density at radius 1 is 1.08 bits per heavy atom. The van der Waals surface area contributed by atoms with E-state index in [0.717, 1.165) is 12.0 Å². The summed E-state index contributed by atoms with van der Waals surface area (Å²) >= 11 is 0. The van der Waals surface area contributed by atoms with Gasteiger partial charge in [0.25, 0.3) is 0 Å². The molecule has 1 aromatic rings. The molecule has 0 unspecified atom stereocenters. The number of carboxylic acids is 1. The Balaban J connectivity index is 2.74. The second kappa shape index (κ2) is 9.05. The van der Waals surface area contributed by atoms with Crippen molar-refractivity contribution in [1.82, 2.24) is 5.32 Å². The maximum atomic E-state index is 12.2. The predicted molar refractivity (Wildman–Crippen MR) is 97.8 cm³/mol. The number of carboxylic acid groups (broad SMARTS) is 1. The van der Waals surface area contributed by atoms with Crippen LogP contribution in [0.5, 0.6) is 0 Å². The molecular weight excluding hydrogens is 322 g/mol. The molecule has 0 bridgehead atoms. The van der Waals surface area contributed by atoms with Crippen LogP contribution >= 0.6 is 0 Å². The van der Waals surface area contributed by atoms with E-state index < -0.39 is 17.5 Å². The second-order valence-electron chi connectivity index (χ2n) is 6.63. The zero-order chi connectivity index (χ0) is 19.0. The lowest BCUT2D eigenvalue weighted by molar-refractivity contribution is -0.137. The average molecular weight is 349 g/mol. The molecule has 0 aliphatic rings. The number of carbonyl (C=O) groups is 3. The molecule has 0 saturated heterocycles. The van der Waals surface area contributed by atoms with Crippen LogP contribution in [0.1, 0.15) is 52.0 Å². The van der Waals surface area contributed by atoms with Crippen molar-refractivity contribution in [3.8, 4) is 0 Å². The van der Waals surface area contributed by atoms with Gasteiger partial charge in [0.05, 0.1) is 0 Å². The summed E-state index contributed by atoms with van der Waals surface area (Å²) in [7, 11) is 0. The Kier molecular flexibility index (Phi) is 7.42. The fraction of sp³-hybridized carbons (Fsp3) is 0.500. The van der Waals surface area contributed by atoms with Crippen LogP contribution in [0.2, 0.25) is 0 Å². The fourth-order valence-electron chi connectivity index (χ4n) is 2.29. The third-order valence-electron chi connectivity index (χ3n) is 3.75. The van der Waals surface area contributed by atoms with Crippen LogP contribution in [0.4, 0.5) is 16.2 Å². The lowest BCUT2D eigenvalue weighted by Gasteiger charge is -2.26. The summed E-state index contributed by atoms with van der Waals surface area (Å²) in [6, 6.07) is 4.85. The van der Waals surface area contributed by atoms with Gasteiger partial charge >= 0.3 is 12.0 Å². The molecule has 4 N–H and O–H groups in total. The number of nitrogens with one attached hydrogen (secondary N) is 3. The van der Waals surface area contributed by atoms with E-state index in [1.807, 2.05) is 13.8 Å². The van der Waals surface area contributed by atoms with E-state index in [2.05, 4.69) is 16.0 Å². The molecule has 7 heteroatoms. The van der Waals surface area contributed by atoms with E-state index in [-0.39, 0.29) is 12.3 Å². The second-order valence-corrected chi connectivity index (χ2v) is 6.63. The standard InChI is InChI=1S/C18H27N3O4/c1-5-7-15(22)19-13-8-6-9-14(12(13)2)20-17(25)21-18(3,4)11-10-16(23)24/h6,8-9H,5,7,10-11H2,1-4H3,(H,19,22)(H,23,24)(H2,20,21,25). The number of urea groups is 1. The van der Waals surface area contributed by atoms with Gasteiger partial charge in [0, 0.05) is 29.8 Å². The first kappa shape index (κ1) is 20.5. The molecule has 0 fully saturated rings. The van der Waals surface area contributed by atoms with E-state index in [9.17, 15) is 14.4 Å². The molecule has 3 amide bonds. The van der Waals surface area contributed by atoms with Gasteiger partial charge in [-0.05, 0) is 51.3 Å². The number of amides is 3. The van der Waals surface area contributed by atoms with Gasteiger partial charge in [0.15, 0.2) is 0 Å². The zero-order valence-electron chi connectivity index (χ0n) is 15.2. The molecule has 0 aliphatic heterocycles. The maximum Gasteiger partial charge on any atom is 0.319 e. The van der Waals surface area contributed by atoms with Crippen molar-refractivity contribution in [2.45, 2.75) is 58.9 Å². The molecule has 0 spiro atoms. The third-order valence-corrected chi connectivity index (χ3v) is 3.75. The van der Waals surface area contributed by atoms with Crippen LogP contribution in [0.15, 0.2) is 18.2 Å². The van der Waals surface area contributed by atoms with E-state index in [4.69, 9.17) is 5.11 Å². The first-order valence-corrected chi connectivity index (χ1v) is 8.35. The minimum atomic E-state index is -0.901. The summed E-state index contributed by atoms with van der Waals surface area (Å²) in [5.41, 5.74) is 1.34. The summed E-state index contributed by atoms with van der Waals surface area (Å²) in [5, 5.41) is 17.1. The van der Waals surface area contributed by atoms with Gasteiger partial charge in [-0.2, -0.15) is 0 Å². The Labute approximate surface area is 148 Å². The molecule has 7 nitrogen and oxygen atoms in total. The monoisotopic (exact) mass is 349 g/mol. The third kappa shape index (κ3) is 7.24. The molecule has 0 aromatic heterocycles. The quantitative estimate of drug-likeness (QED) is 0.576. The van der Waals surface area contributed by atoms with Gasteiger partial charge in [-0.1, -0.05) is 13.0 Å². The van der Waals surface area contributed by atoms with Gasteiger partial charge in [-0.15, -0.1) is 0 Å². The lowest BCUT2D eigenvalue weighted by atomic mass is 9.99. The van der Waals surface area contributed by atoms with E-state index in [0.29, 0.717) is 24.2 Å². The molecule has 0 heterocycles. The first-order valence-electron chi connectivity index (χ1n) is 8.35. The molecule has 0 saturated carbocycles. The van der Waals surface area contributed by atoms with Gasteiger partial charge in [-0.3, -0.25) is 9.59 Å². The number of rotatable bonds is 8. The molecule has 1 rings (SSSR count). The Morgan fingerprint density at radius 3 is 2.24 bits per heavy atom. The maximum absolute atomic E-state index is 12.2. The topological polar surface area (TPSA) is 108 Å². The molecule has 138 valence electrons. The van der Waals surface area contributed by atoms with Crippen molar-refractivity contribution in [3.05, 3.63) is 23.8 Å². The number of hydrogen-bond donors (Lipinski definition) is 4. The molecular formula is C18H27N3O4. The molecule has 25 heavy (non-hydrogen) atoms. The summed E-state index contributed by atoms with van der Waals surface area (Å²) in [6.07, 6.45) is 1.50. The highest BCUT2D eigenvalue weighted by Gasteiger charge is 2.22. The first-order chi connectivity index (χ1) is 11.6. The summed E-state index contributed by atoms with van der Waals surface area (Å²) < 4.78 is 0. The fourth-order valence-corrected chi connectivity index (χ4v) is 2.29. The van der Waals surface area contributed by atoms with Crippen LogP contribution in [0, 0.1) is 6.92 Å². The summed E-state index contributed by atoms with van der Waals surface area (Å²) in [4.78, 5) is 34.6. The number of aliphatic carboxylic acids is 1. The molecule has 0 atom stereocenters. The van der Waals surface area contributed by atoms with Crippen molar-refractivity contribution in [2.75, 3.05) is 10.6 Å². The summed E-state index contributed by atoms with van der Waals surface area (Å²) in [6.45, 7) is 7.28. The van der Waals surface area contributed by atoms with Crippen LogP contribution < -0.4 is 16.0 Å². The Bertz CT molecular complexity index is 641. The van der Waals surface area contributed by atoms with E-state index in [1.54, 1.807) is 32.0 Å². The largest absolute Gasteiger partial charge is 0.481 e. The molecule has 0 aliphatic carbocycles. The van der Waals surface area contributed by atoms with Crippen molar-refractivity contribution in [1.29, 1.82) is 0 Å². The van der Waals surface area contributed by atoms with Crippen molar-refractivity contribution < 1.29 is 19.5 Å². The summed E-state index contributed by atoms with van der Waals surface area (Å²) in [5.74, 6) is -0.969. The number of carbonyl (C=O) groups excluding carboxylic acids is 2. The van der Waals surface area contributed by atoms with Crippen LogP contribution in [0.25, 0.3) is 0 Å². The van der Waals surface area contributed by atoms with E-state index in [1.165, 1.54) is 0 Å². The van der Waals surface area contributed by atoms with Crippen molar-refractivity contribution in [2.24, 2.45) is 0 Å². The number of anilines is 2. The van der Waals surface area contributed by atoms with Crippen LogP contribution in [0.3, 0.4) is 0 Å². The molecule has 1 aromatic carbocycles. The highest BCUT2D eigenvalue weighted by Crippen LogP contribution is 2.24. The minimum Gasteiger partial charge on any atom is -0.481 e. The van der Waals surface area contributed by atoms with Gasteiger partial charge < -0.3 is 21.1 Å². The van der Waals surface area contributed by atoms with E-state index >= 15 is 0 Å². The number of benzene rings is 1. The Hall–Kier alpha value is -2.57. The van der Waals surface area contributed by atoms with Crippen molar-refractivity contribution in [3.63, 3.8) is 0 Å². The van der Waals surface area contributed by atoms with Crippen LogP contribution in [-0.4, -0.2) is 28.6 Å². The van der Waals surface area contributed by atoms with Gasteiger partial charge in [0.2, 0.25) is 5.91 Å². The number of hydrogen-bond acceptors (Lipinski definition) is 3. The normalized spacial score (nSPS) is 10.9. The van der Waals surface area contributed by atoms with Crippen LogP contribution in [-0.2, 0) is 9.59 Å². The van der Waals surface area contributed by atoms with Crippen molar-refractivity contribution >= 4 is 29.3 Å². The lowest BCUT2D eigenvalue weighted by Crippen LogP contribution is -2.45. The minimum absolute atomic E-state index is 0.0226. The predicted octanol–water partition coefficient (Wildman–Crippen LogP) is 3.50. The highest BCUT2D eigenvalue weighted by molar-refractivity contribution is 5.95. The average Bonchev–Trinajstić information content (AvgIpc) is 2.49. The van der Waals surface area contributed by atoms with Gasteiger partial charge in [-0.25, -0.2) is 4.79 Å². The smallest absolute Gasteiger partial charge is 0.319 e. The highest BCUT2D eigenvalue weighted by atomic mass is 16.4. The SMILES string of the molecule is CCCC(=O)Nc1cccc(NC(=O)NC(C)(C)CCC(=O)O)c1C. The zero-order valence-corrected chi connectivity index (χ0v) is 15.2. The molecule has 0 radical (unpaired) electrons. The van der Waals surface area contributed by atoms with Gasteiger partial charge in [0.1, 0.15) is 0 Å².